The topological polar surface area (TPSA) is 89.1 Å². The van der Waals surface area contributed by atoms with Crippen molar-refractivity contribution in [3.05, 3.63) is 60.6 Å². The lowest BCUT2D eigenvalue weighted by Gasteiger charge is -2.21. The molecular weight excluding hydrogens is 400 g/mol. The fraction of sp³-hybridized carbons (Fsp3) is 0.400. The lowest BCUT2D eigenvalue weighted by molar-refractivity contribution is 0.0941. The van der Waals surface area contributed by atoms with E-state index < -0.39 is 0 Å². The van der Waals surface area contributed by atoms with Gasteiger partial charge in [-0.05, 0) is 37.5 Å². The van der Waals surface area contributed by atoms with Crippen molar-refractivity contribution in [1.29, 1.82) is 0 Å². The minimum atomic E-state index is -0.170. The number of nitrogens with two attached hydrogens (primary N) is 1. The minimum absolute atomic E-state index is 0.0832. The van der Waals surface area contributed by atoms with Crippen molar-refractivity contribution in [1.82, 2.24) is 20.1 Å². The number of aromatic nitrogens is 3. The van der Waals surface area contributed by atoms with Crippen LogP contribution in [0.4, 0.5) is 11.5 Å². The highest BCUT2D eigenvalue weighted by atomic mass is 16.1. The Labute approximate surface area is 188 Å². The van der Waals surface area contributed by atoms with Gasteiger partial charge in [-0.15, -0.1) is 0 Å². The van der Waals surface area contributed by atoms with Crippen LogP contribution < -0.4 is 16.0 Å². The summed E-state index contributed by atoms with van der Waals surface area (Å²) in [5.41, 5.74) is 9.52. The van der Waals surface area contributed by atoms with E-state index in [1.165, 1.54) is 37.8 Å². The molecule has 1 saturated heterocycles. The van der Waals surface area contributed by atoms with Gasteiger partial charge in [0.15, 0.2) is 0 Å². The zero-order chi connectivity index (χ0) is 21.9. The number of rotatable bonds is 5. The van der Waals surface area contributed by atoms with E-state index in [-0.39, 0.29) is 17.8 Å². The number of amides is 1. The van der Waals surface area contributed by atoms with E-state index in [4.69, 9.17) is 5.73 Å². The molecule has 1 aliphatic carbocycles. The van der Waals surface area contributed by atoms with Crippen LogP contribution in [0, 0.1) is 0 Å². The first kappa shape index (κ1) is 20.5. The molecule has 3 heterocycles. The van der Waals surface area contributed by atoms with Crippen LogP contribution >= 0.6 is 0 Å². The predicted molar refractivity (Wildman–Crippen MR) is 127 cm³/mol. The summed E-state index contributed by atoms with van der Waals surface area (Å²) >= 11 is 0. The molecule has 0 radical (unpaired) electrons. The largest absolute Gasteiger partial charge is 0.383 e. The molecular formula is C25H30N6O. The quantitative estimate of drug-likeness (QED) is 0.638. The number of benzene rings is 1. The van der Waals surface area contributed by atoms with Gasteiger partial charge < -0.3 is 16.0 Å². The summed E-state index contributed by atoms with van der Waals surface area (Å²) in [6, 6.07) is 12.7. The smallest absolute Gasteiger partial charge is 0.255 e. The number of pyridine rings is 1. The maximum Gasteiger partial charge on any atom is 0.255 e. The summed E-state index contributed by atoms with van der Waals surface area (Å²) in [6.07, 6.45) is 12.7. The molecule has 32 heavy (non-hydrogen) atoms. The lowest BCUT2D eigenvalue weighted by Crippen LogP contribution is -2.37. The van der Waals surface area contributed by atoms with Gasteiger partial charge in [-0.25, -0.2) is 4.98 Å². The Morgan fingerprint density at radius 2 is 1.84 bits per heavy atom. The third kappa shape index (κ3) is 4.33. The average molecular weight is 431 g/mol. The fourth-order valence-electron chi connectivity index (χ4n) is 4.86. The number of anilines is 2. The molecule has 3 aromatic rings. The summed E-state index contributed by atoms with van der Waals surface area (Å²) in [6.45, 7) is 1.71. The van der Waals surface area contributed by atoms with Crippen LogP contribution in [-0.4, -0.2) is 39.8 Å². The van der Waals surface area contributed by atoms with Gasteiger partial charge in [-0.3, -0.25) is 9.48 Å². The second-order valence-electron chi connectivity index (χ2n) is 8.90. The molecule has 2 aromatic heterocycles. The molecule has 1 saturated carbocycles. The summed E-state index contributed by atoms with van der Waals surface area (Å²) in [5, 5.41) is 7.73. The molecule has 2 aliphatic rings. The maximum atomic E-state index is 13.0. The lowest BCUT2D eigenvalue weighted by atomic mass is 9.96. The first-order valence-electron chi connectivity index (χ1n) is 11.6. The van der Waals surface area contributed by atoms with E-state index >= 15 is 0 Å². The van der Waals surface area contributed by atoms with Crippen molar-refractivity contribution in [2.75, 3.05) is 23.7 Å². The summed E-state index contributed by atoms with van der Waals surface area (Å²) in [4.78, 5) is 19.6. The number of nitrogens with one attached hydrogen (secondary N) is 1. The van der Waals surface area contributed by atoms with E-state index in [2.05, 4.69) is 43.3 Å². The molecule has 3 N–H and O–H groups in total. The van der Waals surface area contributed by atoms with E-state index in [1.807, 2.05) is 30.5 Å². The number of carbonyl (C=O) groups is 1. The molecule has 0 bridgehead atoms. The van der Waals surface area contributed by atoms with Crippen molar-refractivity contribution in [3.8, 4) is 11.1 Å². The van der Waals surface area contributed by atoms with Gasteiger partial charge in [0.2, 0.25) is 0 Å². The van der Waals surface area contributed by atoms with Crippen LogP contribution in [0.1, 0.15) is 54.9 Å². The third-order valence-corrected chi connectivity index (χ3v) is 6.69. The molecule has 166 valence electrons. The molecule has 1 unspecified atom stereocenters. The Hall–Kier alpha value is -3.35. The van der Waals surface area contributed by atoms with E-state index in [9.17, 15) is 4.79 Å². The van der Waals surface area contributed by atoms with Gasteiger partial charge in [0.05, 0.1) is 17.8 Å². The first-order valence-corrected chi connectivity index (χ1v) is 11.6. The van der Waals surface area contributed by atoms with E-state index in [1.54, 1.807) is 6.20 Å². The van der Waals surface area contributed by atoms with Crippen molar-refractivity contribution in [2.24, 2.45) is 0 Å². The Morgan fingerprint density at radius 3 is 2.66 bits per heavy atom. The molecule has 5 rings (SSSR count). The molecule has 1 amide bonds. The van der Waals surface area contributed by atoms with Gasteiger partial charge in [0, 0.05) is 48.3 Å². The SMILES string of the molecule is Nc1ncc(-c2cnn(C3CCCCC3)c2)cc1C(=O)NC1CCN(c2ccccc2)C1. The van der Waals surface area contributed by atoms with Gasteiger partial charge >= 0.3 is 0 Å². The third-order valence-electron chi connectivity index (χ3n) is 6.69. The minimum Gasteiger partial charge on any atom is -0.383 e. The molecule has 2 fully saturated rings. The molecule has 0 spiro atoms. The normalized spacial score (nSPS) is 19.2. The van der Waals surface area contributed by atoms with Crippen LogP contribution in [0.15, 0.2) is 55.0 Å². The molecule has 1 aliphatic heterocycles. The summed E-state index contributed by atoms with van der Waals surface area (Å²) < 4.78 is 2.07. The average Bonchev–Trinajstić information content (AvgIpc) is 3.51. The number of hydrogen-bond donors (Lipinski definition) is 2. The second kappa shape index (κ2) is 9.02. The Bertz CT molecular complexity index is 1070. The van der Waals surface area contributed by atoms with Crippen LogP contribution in [0.2, 0.25) is 0 Å². The van der Waals surface area contributed by atoms with Gasteiger partial charge in [-0.2, -0.15) is 5.10 Å². The summed E-state index contributed by atoms with van der Waals surface area (Å²) in [5.74, 6) is 0.0836. The van der Waals surface area contributed by atoms with Crippen LogP contribution in [0.3, 0.4) is 0 Å². The molecule has 1 atom stereocenters. The number of nitrogen functional groups attached to an aromatic ring is 1. The van der Waals surface area contributed by atoms with Crippen LogP contribution in [-0.2, 0) is 0 Å². The number of carbonyl (C=O) groups excluding carboxylic acids is 1. The maximum absolute atomic E-state index is 13.0. The van der Waals surface area contributed by atoms with E-state index in [0.717, 1.165) is 30.6 Å². The zero-order valence-electron chi connectivity index (χ0n) is 18.3. The van der Waals surface area contributed by atoms with Gasteiger partial charge in [-0.1, -0.05) is 37.5 Å². The second-order valence-corrected chi connectivity index (χ2v) is 8.90. The zero-order valence-corrected chi connectivity index (χ0v) is 18.3. The first-order chi connectivity index (χ1) is 15.7. The Kier molecular flexibility index (Phi) is 5.79. The molecule has 7 heteroatoms. The Balaban J connectivity index is 1.28. The molecule has 1 aromatic carbocycles. The fourth-order valence-corrected chi connectivity index (χ4v) is 4.86. The number of hydrogen-bond acceptors (Lipinski definition) is 5. The number of para-hydroxylation sites is 1. The van der Waals surface area contributed by atoms with Gasteiger partial charge in [0.25, 0.3) is 5.91 Å². The van der Waals surface area contributed by atoms with Crippen molar-refractivity contribution >= 4 is 17.4 Å². The highest BCUT2D eigenvalue weighted by Crippen LogP contribution is 2.30. The van der Waals surface area contributed by atoms with Crippen molar-refractivity contribution in [3.63, 3.8) is 0 Å². The standard InChI is InChI=1S/C25H30N6O/c26-24-23(25(32)29-20-11-12-30(17-20)21-7-3-1-4-8-21)13-18(14-27-24)19-15-28-31(16-19)22-9-5-2-6-10-22/h1,3-4,7-8,13-16,20,22H,2,5-6,9-12,17H2,(H2,26,27)(H,29,32). The number of nitrogens with zero attached hydrogens (tertiary/aromatic N) is 4. The predicted octanol–water partition coefficient (Wildman–Crippen LogP) is 4.04. The van der Waals surface area contributed by atoms with Crippen LogP contribution in [0.5, 0.6) is 0 Å². The van der Waals surface area contributed by atoms with Gasteiger partial charge in [0.1, 0.15) is 5.82 Å². The van der Waals surface area contributed by atoms with E-state index in [0.29, 0.717) is 11.6 Å². The highest BCUT2D eigenvalue weighted by Gasteiger charge is 2.25. The van der Waals surface area contributed by atoms with Crippen LogP contribution in [0.25, 0.3) is 11.1 Å². The highest BCUT2D eigenvalue weighted by molar-refractivity contribution is 5.99. The molecule has 7 nitrogen and oxygen atoms in total. The van der Waals surface area contributed by atoms with Crippen molar-refractivity contribution < 1.29 is 4.79 Å². The monoisotopic (exact) mass is 430 g/mol. The Morgan fingerprint density at radius 1 is 1.03 bits per heavy atom. The summed E-state index contributed by atoms with van der Waals surface area (Å²) in [7, 11) is 0. The van der Waals surface area contributed by atoms with Crippen molar-refractivity contribution in [2.45, 2.75) is 50.6 Å².